The lowest BCUT2D eigenvalue weighted by Crippen LogP contribution is -2.16. The molecule has 0 aromatic carbocycles. The van der Waals surface area contributed by atoms with Crippen molar-refractivity contribution in [2.45, 2.75) is 26.2 Å². The molecule has 0 bridgehead atoms. The molecule has 0 aliphatic heterocycles. The van der Waals surface area contributed by atoms with E-state index < -0.39 is 0 Å². The molecule has 10 heavy (non-hydrogen) atoms. The monoisotopic (exact) mass is 141 g/mol. The Morgan fingerprint density at radius 3 is 2.70 bits per heavy atom. The molecule has 0 unspecified atom stereocenters. The fourth-order valence-electron chi connectivity index (χ4n) is 0.624. The van der Waals surface area contributed by atoms with Gasteiger partial charge in [0.05, 0.1) is 0 Å². The van der Waals surface area contributed by atoms with Gasteiger partial charge in [-0.15, -0.1) is 0 Å². The van der Waals surface area contributed by atoms with E-state index in [-0.39, 0.29) is 5.91 Å². The summed E-state index contributed by atoms with van der Waals surface area (Å²) in [6.45, 7) is 2.08. The third-order valence-electron chi connectivity index (χ3n) is 1.22. The third-order valence-corrected chi connectivity index (χ3v) is 1.22. The van der Waals surface area contributed by atoms with E-state index in [0.717, 1.165) is 12.8 Å². The van der Waals surface area contributed by atoms with E-state index in [0.29, 0.717) is 6.42 Å². The lowest BCUT2D eigenvalue weighted by Gasteiger charge is -1.93. The van der Waals surface area contributed by atoms with Crippen LogP contribution in [0.1, 0.15) is 26.2 Å². The Balaban J connectivity index is 3.19. The highest BCUT2D eigenvalue weighted by Crippen LogP contribution is 1.91. The van der Waals surface area contributed by atoms with E-state index in [1.807, 2.05) is 6.08 Å². The Bertz CT molecular complexity index is 118. The van der Waals surface area contributed by atoms with Crippen molar-refractivity contribution in [1.82, 2.24) is 5.32 Å². The van der Waals surface area contributed by atoms with Crippen LogP contribution in [-0.4, -0.2) is 13.0 Å². The van der Waals surface area contributed by atoms with Crippen molar-refractivity contribution >= 4 is 5.91 Å². The van der Waals surface area contributed by atoms with Gasteiger partial charge in [-0.2, -0.15) is 0 Å². The van der Waals surface area contributed by atoms with Crippen LogP contribution in [0.25, 0.3) is 0 Å². The molecule has 0 aliphatic carbocycles. The molecule has 1 N–H and O–H groups in total. The van der Waals surface area contributed by atoms with Crippen molar-refractivity contribution in [2.75, 3.05) is 7.05 Å². The summed E-state index contributed by atoms with van der Waals surface area (Å²) in [5.41, 5.74) is 0. The van der Waals surface area contributed by atoms with Crippen LogP contribution in [0.2, 0.25) is 0 Å². The minimum Gasteiger partial charge on any atom is -0.359 e. The van der Waals surface area contributed by atoms with Gasteiger partial charge in [0, 0.05) is 13.5 Å². The van der Waals surface area contributed by atoms with Crippen molar-refractivity contribution < 1.29 is 4.79 Å². The van der Waals surface area contributed by atoms with E-state index in [4.69, 9.17) is 0 Å². The number of nitrogens with one attached hydrogen (secondary N) is 1. The summed E-state index contributed by atoms with van der Waals surface area (Å²) in [6, 6.07) is 0. The van der Waals surface area contributed by atoms with E-state index in [1.54, 1.807) is 7.05 Å². The smallest absolute Gasteiger partial charge is 0.220 e. The molecular formula is C8H15NO. The summed E-state index contributed by atoms with van der Waals surface area (Å²) in [5, 5.41) is 2.57. The van der Waals surface area contributed by atoms with Gasteiger partial charge < -0.3 is 5.32 Å². The SMILES string of the molecule is CC/C=C\CCC(=O)NC. The van der Waals surface area contributed by atoms with Gasteiger partial charge in [0.1, 0.15) is 0 Å². The number of carbonyl (C=O) groups is 1. The molecule has 2 heteroatoms. The zero-order valence-corrected chi connectivity index (χ0v) is 6.68. The van der Waals surface area contributed by atoms with Gasteiger partial charge in [-0.25, -0.2) is 0 Å². The highest BCUT2D eigenvalue weighted by Gasteiger charge is 1.92. The van der Waals surface area contributed by atoms with Gasteiger partial charge in [0.15, 0.2) is 0 Å². The van der Waals surface area contributed by atoms with Gasteiger partial charge in [-0.3, -0.25) is 4.79 Å². The Hall–Kier alpha value is -0.790. The Labute approximate surface area is 62.3 Å². The molecule has 0 aromatic rings. The summed E-state index contributed by atoms with van der Waals surface area (Å²) in [7, 11) is 1.66. The molecule has 1 amide bonds. The first kappa shape index (κ1) is 9.21. The minimum atomic E-state index is 0.112. The molecule has 2 nitrogen and oxygen atoms in total. The Kier molecular flexibility index (Phi) is 5.83. The van der Waals surface area contributed by atoms with Gasteiger partial charge in [-0.1, -0.05) is 19.1 Å². The topological polar surface area (TPSA) is 29.1 Å². The molecule has 0 aliphatic rings. The van der Waals surface area contributed by atoms with E-state index in [1.165, 1.54) is 0 Å². The second-order valence-corrected chi connectivity index (χ2v) is 2.09. The molecule has 0 saturated carbocycles. The standard InChI is InChI=1S/C8H15NO/c1-3-4-5-6-7-8(10)9-2/h4-5H,3,6-7H2,1-2H3,(H,9,10)/b5-4-. The first-order chi connectivity index (χ1) is 4.81. The van der Waals surface area contributed by atoms with Crippen LogP contribution in [0, 0.1) is 0 Å². The Morgan fingerprint density at radius 2 is 2.20 bits per heavy atom. The highest BCUT2D eigenvalue weighted by molar-refractivity contribution is 5.75. The maximum atomic E-state index is 10.6. The number of rotatable bonds is 4. The molecule has 0 radical (unpaired) electrons. The van der Waals surface area contributed by atoms with Crippen LogP contribution in [0.15, 0.2) is 12.2 Å². The predicted molar refractivity (Wildman–Crippen MR) is 42.7 cm³/mol. The number of allylic oxidation sites excluding steroid dienone is 2. The largest absolute Gasteiger partial charge is 0.359 e. The minimum absolute atomic E-state index is 0.112. The van der Waals surface area contributed by atoms with Gasteiger partial charge in [-0.05, 0) is 12.8 Å². The lowest BCUT2D eigenvalue weighted by molar-refractivity contribution is -0.120. The van der Waals surface area contributed by atoms with Crippen LogP contribution in [0.4, 0.5) is 0 Å². The summed E-state index contributed by atoms with van der Waals surface area (Å²) in [4.78, 5) is 10.6. The van der Waals surface area contributed by atoms with Gasteiger partial charge in [0.2, 0.25) is 5.91 Å². The molecule has 58 valence electrons. The summed E-state index contributed by atoms with van der Waals surface area (Å²) in [5.74, 6) is 0.112. The van der Waals surface area contributed by atoms with E-state index >= 15 is 0 Å². The quantitative estimate of drug-likeness (QED) is 0.590. The Morgan fingerprint density at radius 1 is 1.50 bits per heavy atom. The highest BCUT2D eigenvalue weighted by atomic mass is 16.1. The van der Waals surface area contributed by atoms with Crippen LogP contribution in [0.5, 0.6) is 0 Å². The van der Waals surface area contributed by atoms with Crippen LogP contribution in [-0.2, 0) is 4.79 Å². The molecule has 0 rings (SSSR count). The van der Waals surface area contributed by atoms with Crippen molar-refractivity contribution in [3.05, 3.63) is 12.2 Å². The van der Waals surface area contributed by atoms with Gasteiger partial charge >= 0.3 is 0 Å². The van der Waals surface area contributed by atoms with Crippen LogP contribution in [0.3, 0.4) is 0 Å². The lowest BCUT2D eigenvalue weighted by atomic mass is 10.2. The molecule has 0 aromatic heterocycles. The average molecular weight is 141 g/mol. The summed E-state index contributed by atoms with van der Waals surface area (Å²) >= 11 is 0. The second kappa shape index (κ2) is 6.33. The second-order valence-electron chi connectivity index (χ2n) is 2.09. The predicted octanol–water partition coefficient (Wildman–Crippen LogP) is 1.48. The zero-order chi connectivity index (χ0) is 7.82. The van der Waals surface area contributed by atoms with Crippen LogP contribution < -0.4 is 5.32 Å². The summed E-state index contributed by atoms with van der Waals surface area (Å²) < 4.78 is 0. The van der Waals surface area contributed by atoms with Crippen molar-refractivity contribution in [1.29, 1.82) is 0 Å². The van der Waals surface area contributed by atoms with Crippen molar-refractivity contribution in [2.24, 2.45) is 0 Å². The molecule has 0 atom stereocenters. The molecular weight excluding hydrogens is 126 g/mol. The van der Waals surface area contributed by atoms with Crippen molar-refractivity contribution in [3.63, 3.8) is 0 Å². The fraction of sp³-hybridized carbons (Fsp3) is 0.625. The number of carbonyl (C=O) groups excluding carboxylic acids is 1. The number of amides is 1. The first-order valence-corrected chi connectivity index (χ1v) is 3.66. The third kappa shape index (κ3) is 5.35. The maximum Gasteiger partial charge on any atom is 0.220 e. The van der Waals surface area contributed by atoms with Crippen LogP contribution >= 0.6 is 0 Å². The van der Waals surface area contributed by atoms with Crippen molar-refractivity contribution in [3.8, 4) is 0 Å². The van der Waals surface area contributed by atoms with Gasteiger partial charge in [0.25, 0.3) is 0 Å². The number of hydrogen-bond acceptors (Lipinski definition) is 1. The normalized spacial score (nSPS) is 10.2. The van der Waals surface area contributed by atoms with E-state index in [2.05, 4.69) is 18.3 Å². The molecule has 0 fully saturated rings. The molecule has 0 saturated heterocycles. The average Bonchev–Trinajstić information content (AvgIpc) is 1.98. The first-order valence-electron chi connectivity index (χ1n) is 3.66. The molecule has 0 heterocycles. The zero-order valence-electron chi connectivity index (χ0n) is 6.68. The number of hydrogen-bond donors (Lipinski definition) is 1. The van der Waals surface area contributed by atoms with E-state index in [9.17, 15) is 4.79 Å². The summed E-state index contributed by atoms with van der Waals surface area (Å²) in [6.07, 6.45) is 6.62. The molecule has 0 spiro atoms. The maximum absolute atomic E-state index is 10.6. The fourth-order valence-corrected chi connectivity index (χ4v) is 0.624.